The van der Waals surface area contributed by atoms with Gasteiger partial charge in [-0.15, -0.1) is 11.3 Å². The van der Waals surface area contributed by atoms with E-state index in [4.69, 9.17) is 4.74 Å². The summed E-state index contributed by atoms with van der Waals surface area (Å²) in [6.07, 6.45) is 0. The molecule has 0 saturated carbocycles. The third-order valence-electron chi connectivity index (χ3n) is 2.33. The molecule has 0 aliphatic rings. The van der Waals surface area contributed by atoms with Gasteiger partial charge >= 0.3 is 0 Å². The molecule has 3 heteroatoms. The number of hydrogen-bond acceptors (Lipinski definition) is 3. The van der Waals surface area contributed by atoms with Gasteiger partial charge < -0.3 is 9.64 Å². The van der Waals surface area contributed by atoms with Crippen LogP contribution in [0.15, 0.2) is 41.8 Å². The number of hydrogen-bond donors (Lipinski definition) is 0. The van der Waals surface area contributed by atoms with Crippen molar-refractivity contribution in [2.45, 2.75) is 13.2 Å². The first-order valence-corrected chi connectivity index (χ1v) is 6.51. The highest BCUT2D eigenvalue weighted by atomic mass is 32.1. The molecule has 0 unspecified atom stereocenters. The second-order valence-electron chi connectivity index (χ2n) is 4.26. The molecular formula is C14H17NOS. The fraction of sp³-hybridized carbons (Fsp3) is 0.286. The molecule has 0 atom stereocenters. The third kappa shape index (κ3) is 3.88. The molecular weight excluding hydrogens is 230 g/mol. The van der Waals surface area contributed by atoms with Gasteiger partial charge in [-0.3, -0.25) is 0 Å². The topological polar surface area (TPSA) is 12.5 Å². The molecule has 0 N–H and O–H groups in total. The molecule has 0 fully saturated rings. The monoisotopic (exact) mass is 247 g/mol. The van der Waals surface area contributed by atoms with Crippen LogP contribution in [0.1, 0.15) is 10.4 Å². The van der Waals surface area contributed by atoms with E-state index in [1.165, 1.54) is 10.4 Å². The molecule has 1 heterocycles. The van der Waals surface area contributed by atoms with Crippen LogP contribution in [0, 0.1) is 0 Å². The number of benzene rings is 1. The van der Waals surface area contributed by atoms with Crippen molar-refractivity contribution in [1.82, 2.24) is 4.90 Å². The molecule has 0 radical (unpaired) electrons. The molecule has 1 aromatic heterocycles. The Morgan fingerprint density at radius 3 is 2.65 bits per heavy atom. The van der Waals surface area contributed by atoms with Crippen molar-refractivity contribution < 1.29 is 4.74 Å². The van der Waals surface area contributed by atoms with E-state index in [1.54, 1.807) is 11.3 Å². The van der Waals surface area contributed by atoms with Crippen LogP contribution in [0.25, 0.3) is 0 Å². The van der Waals surface area contributed by atoms with Gasteiger partial charge in [-0.05, 0) is 37.7 Å². The summed E-state index contributed by atoms with van der Waals surface area (Å²) in [5.74, 6) is 0.924. The Morgan fingerprint density at radius 1 is 1.18 bits per heavy atom. The van der Waals surface area contributed by atoms with Gasteiger partial charge in [0.1, 0.15) is 12.4 Å². The zero-order valence-corrected chi connectivity index (χ0v) is 11.0. The first-order valence-electron chi connectivity index (χ1n) is 5.63. The smallest absolute Gasteiger partial charge is 0.119 e. The average Bonchev–Trinajstić information content (AvgIpc) is 2.75. The van der Waals surface area contributed by atoms with Crippen molar-refractivity contribution >= 4 is 11.3 Å². The van der Waals surface area contributed by atoms with Gasteiger partial charge in [-0.25, -0.2) is 0 Å². The third-order valence-corrected chi connectivity index (χ3v) is 3.30. The summed E-state index contributed by atoms with van der Waals surface area (Å²) in [7, 11) is 4.17. The van der Waals surface area contributed by atoms with Crippen molar-refractivity contribution in [3.8, 4) is 5.75 Å². The average molecular weight is 247 g/mol. The predicted octanol–water partition coefficient (Wildman–Crippen LogP) is 3.39. The Morgan fingerprint density at radius 2 is 1.94 bits per heavy atom. The number of para-hydroxylation sites is 1. The summed E-state index contributed by atoms with van der Waals surface area (Å²) in [5.41, 5.74) is 1.25. The standard InChI is InChI=1S/C14H17NOS/c1-15(2)9-14-8-12(11-17-14)10-16-13-6-4-3-5-7-13/h3-8,11H,9-10H2,1-2H3. The van der Waals surface area contributed by atoms with E-state index in [0.717, 1.165) is 12.3 Å². The van der Waals surface area contributed by atoms with Crippen LogP contribution in [-0.4, -0.2) is 19.0 Å². The van der Waals surface area contributed by atoms with E-state index in [0.29, 0.717) is 6.61 Å². The molecule has 0 saturated heterocycles. The summed E-state index contributed by atoms with van der Waals surface area (Å²) in [4.78, 5) is 3.55. The van der Waals surface area contributed by atoms with E-state index < -0.39 is 0 Å². The van der Waals surface area contributed by atoms with E-state index >= 15 is 0 Å². The van der Waals surface area contributed by atoms with Gasteiger partial charge in [0, 0.05) is 17.0 Å². The first kappa shape index (κ1) is 12.1. The lowest BCUT2D eigenvalue weighted by atomic mass is 10.3. The van der Waals surface area contributed by atoms with Gasteiger partial charge in [-0.1, -0.05) is 18.2 Å². The molecule has 0 aliphatic heterocycles. The molecule has 2 nitrogen and oxygen atoms in total. The highest BCUT2D eigenvalue weighted by Crippen LogP contribution is 2.18. The highest BCUT2D eigenvalue weighted by Gasteiger charge is 2.02. The molecule has 2 rings (SSSR count). The van der Waals surface area contributed by atoms with Crippen LogP contribution < -0.4 is 4.74 Å². The van der Waals surface area contributed by atoms with Crippen LogP contribution in [0.2, 0.25) is 0 Å². The predicted molar refractivity (Wildman–Crippen MR) is 72.5 cm³/mol. The Kier molecular flexibility index (Phi) is 4.18. The molecule has 0 amide bonds. The first-order chi connectivity index (χ1) is 8.24. The lowest BCUT2D eigenvalue weighted by Gasteiger charge is -2.06. The summed E-state index contributed by atoms with van der Waals surface area (Å²) < 4.78 is 5.70. The second-order valence-corrected chi connectivity index (χ2v) is 5.26. The van der Waals surface area contributed by atoms with Crippen molar-refractivity contribution in [2.75, 3.05) is 14.1 Å². The zero-order chi connectivity index (χ0) is 12.1. The number of ether oxygens (including phenoxy) is 1. The maximum Gasteiger partial charge on any atom is 0.119 e. The van der Waals surface area contributed by atoms with E-state index in [1.807, 2.05) is 30.3 Å². The molecule has 0 spiro atoms. The Bertz CT molecular complexity index is 450. The molecule has 0 aliphatic carbocycles. The number of nitrogens with zero attached hydrogens (tertiary/aromatic N) is 1. The van der Waals surface area contributed by atoms with E-state index in [-0.39, 0.29) is 0 Å². The summed E-state index contributed by atoms with van der Waals surface area (Å²) >= 11 is 1.79. The lowest BCUT2D eigenvalue weighted by Crippen LogP contribution is -2.09. The maximum atomic E-state index is 5.70. The van der Waals surface area contributed by atoms with Crippen molar-refractivity contribution in [3.63, 3.8) is 0 Å². The minimum Gasteiger partial charge on any atom is -0.489 e. The molecule has 17 heavy (non-hydrogen) atoms. The van der Waals surface area contributed by atoms with Crippen molar-refractivity contribution in [3.05, 3.63) is 52.2 Å². The Balaban J connectivity index is 1.89. The molecule has 90 valence electrons. The minimum atomic E-state index is 0.647. The SMILES string of the molecule is CN(C)Cc1cc(COc2ccccc2)cs1. The van der Waals surface area contributed by atoms with Crippen LogP contribution in [-0.2, 0) is 13.2 Å². The second kappa shape index (κ2) is 5.84. The quantitative estimate of drug-likeness (QED) is 0.803. The van der Waals surface area contributed by atoms with Gasteiger partial charge in [0.25, 0.3) is 0 Å². The molecule has 0 bridgehead atoms. The van der Waals surface area contributed by atoms with Crippen molar-refractivity contribution in [1.29, 1.82) is 0 Å². The number of rotatable bonds is 5. The Labute approximate surface area is 106 Å². The van der Waals surface area contributed by atoms with Crippen molar-refractivity contribution in [2.24, 2.45) is 0 Å². The lowest BCUT2D eigenvalue weighted by molar-refractivity contribution is 0.306. The highest BCUT2D eigenvalue weighted by molar-refractivity contribution is 7.10. The summed E-state index contributed by atoms with van der Waals surface area (Å²) in [6, 6.07) is 12.1. The summed E-state index contributed by atoms with van der Waals surface area (Å²) in [5, 5.41) is 2.17. The van der Waals surface area contributed by atoms with Gasteiger partial charge in [0.05, 0.1) is 0 Å². The zero-order valence-electron chi connectivity index (χ0n) is 10.2. The van der Waals surface area contributed by atoms with E-state index in [2.05, 4.69) is 30.4 Å². The summed E-state index contributed by atoms with van der Waals surface area (Å²) in [6.45, 7) is 1.64. The molecule has 2 aromatic rings. The normalized spacial score (nSPS) is 10.8. The fourth-order valence-corrected chi connectivity index (χ4v) is 2.57. The van der Waals surface area contributed by atoms with E-state index in [9.17, 15) is 0 Å². The fourth-order valence-electron chi connectivity index (χ4n) is 1.58. The Hall–Kier alpha value is -1.32. The van der Waals surface area contributed by atoms with Crippen LogP contribution in [0.4, 0.5) is 0 Å². The van der Waals surface area contributed by atoms with Crippen LogP contribution in [0.5, 0.6) is 5.75 Å². The van der Waals surface area contributed by atoms with Crippen LogP contribution in [0.3, 0.4) is 0 Å². The van der Waals surface area contributed by atoms with Gasteiger partial charge in [0.15, 0.2) is 0 Å². The molecule has 1 aromatic carbocycles. The minimum absolute atomic E-state index is 0.647. The van der Waals surface area contributed by atoms with Crippen LogP contribution >= 0.6 is 11.3 Å². The largest absolute Gasteiger partial charge is 0.489 e. The van der Waals surface area contributed by atoms with Gasteiger partial charge in [0.2, 0.25) is 0 Å². The maximum absolute atomic E-state index is 5.70. The number of thiophene rings is 1. The van der Waals surface area contributed by atoms with Gasteiger partial charge in [-0.2, -0.15) is 0 Å².